The molecule has 1 aliphatic heterocycles. The lowest BCUT2D eigenvalue weighted by molar-refractivity contribution is -0.185. The third-order valence-corrected chi connectivity index (χ3v) is 4.55. The molecule has 1 saturated heterocycles. The molecule has 0 unspecified atom stereocenters. The molecule has 1 aliphatic rings. The van der Waals surface area contributed by atoms with Crippen LogP contribution in [0.2, 0.25) is 0 Å². The van der Waals surface area contributed by atoms with Crippen LogP contribution in [0.1, 0.15) is 31.4 Å². The molecule has 0 spiro atoms. The second-order valence-corrected chi connectivity index (χ2v) is 6.21. The minimum atomic E-state index is -4.04. The number of hydrogen-bond donors (Lipinski definition) is 0. The Kier molecular flexibility index (Phi) is 5.87. The zero-order chi connectivity index (χ0) is 16.2. The minimum absolute atomic E-state index is 0.0986. The van der Waals surface area contributed by atoms with Crippen molar-refractivity contribution < 1.29 is 13.2 Å². The fourth-order valence-corrected chi connectivity index (χ4v) is 3.33. The van der Waals surface area contributed by atoms with Crippen LogP contribution >= 0.6 is 0 Å². The van der Waals surface area contributed by atoms with Crippen molar-refractivity contribution in [3.8, 4) is 0 Å². The Morgan fingerprint density at radius 3 is 2.27 bits per heavy atom. The molecule has 5 heteroatoms. The van der Waals surface area contributed by atoms with E-state index >= 15 is 0 Å². The van der Waals surface area contributed by atoms with Gasteiger partial charge in [0.2, 0.25) is 0 Å². The lowest BCUT2D eigenvalue weighted by atomic mass is 9.91. The summed E-state index contributed by atoms with van der Waals surface area (Å²) in [5, 5.41) is 4.47. The Bertz CT molecular complexity index is 439. The van der Waals surface area contributed by atoms with Crippen molar-refractivity contribution in [1.29, 1.82) is 0 Å². The van der Waals surface area contributed by atoms with Crippen molar-refractivity contribution >= 4 is 0 Å². The highest BCUT2D eigenvalue weighted by Gasteiger charge is 2.41. The highest BCUT2D eigenvalue weighted by atomic mass is 19.4. The molecule has 2 rings (SSSR count). The van der Waals surface area contributed by atoms with Crippen molar-refractivity contribution in [3.63, 3.8) is 0 Å². The van der Waals surface area contributed by atoms with Gasteiger partial charge in [-0.15, -0.1) is 6.04 Å². The van der Waals surface area contributed by atoms with Gasteiger partial charge in [-0.1, -0.05) is 42.8 Å². The summed E-state index contributed by atoms with van der Waals surface area (Å²) in [4.78, 5) is 2.15. The molecule has 0 N–H and O–H groups in total. The first-order chi connectivity index (χ1) is 10.4. The van der Waals surface area contributed by atoms with Crippen molar-refractivity contribution in [2.45, 2.75) is 32.0 Å². The van der Waals surface area contributed by atoms with Crippen LogP contribution in [0.3, 0.4) is 0 Å². The zero-order valence-corrected chi connectivity index (χ0v) is 13.2. The fourth-order valence-electron chi connectivity index (χ4n) is 3.33. The van der Waals surface area contributed by atoms with Crippen molar-refractivity contribution in [1.82, 2.24) is 4.90 Å². The van der Waals surface area contributed by atoms with E-state index in [0.717, 1.165) is 6.54 Å². The summed E-state index contributed by atoms with van der Waals surface area (Å²) in [6.07, 6.45) is -3.60. The summed E-state index contributed by atoms with van der Waals surface area (Å²) >= 11 is 0. The van der Waals surface area contributed by atoms with E-state index in [4.69, 9.17) is 0 Å². The van der Waals surface area contributed by atoms with Gasteiger partial charge in [-0.05, 0) is 38.4 Å². The van der Waals surface area contributed by atoms with Crippen LogP contribution in [0, 0.1) is 11.8 Å². The molecule has 1 aromatic rings. The van der Waals surface area contributed by atoms with Crippen LogP contribution in [0.25, 0.3) is 5.32 Å². The molecule has 124 valence electrons. The molecule has 0 saturated carbocycles. The van der Waals surface area contributed by atoms with Crippen molar-refractivity contribution in [3.05, 3.63) is 41.2 Å². The van der Waals surface area contributed by atoms with E-state index in [-0.39, 0.29) is 24.8 Å². The van der Waals surface area contributed by atoms with Gasteiger partial charge < -0.3 is 10.2 Å². The number of nitrogens with zero attached hydrogens (tertiary/aromatic N) is 2. The SMILES string of the molecule is C[N-][C@@H](c1ccccc1)[C@@H](C)CN1CCC(C(F)(F)F)CC1. The first kappa shape index (κ1) is 17.3. The van der Waals surface area contributed by atoms with Gasteiger partial charge in [0.15, 0.2) is 0 Å². The molecule has 1 aromatic carbocycles. The molecule has 2 atom stereocenters. The van der Waals surface area contributed by atoms with E-state index in [1.807, 2.05) is 25.2 Å². The summed E-state index contributed by atoms with van der Waals surface area (Å²) < 4.78 is 38.1. The van der Waals surface area contributed by atoms with Crippen LogP contribution in [0.15, 0.2) is 30.3 Å². The van der Waals surface area contributed by atoms with Crippen LogP contribution in [-0.2, 0) is 0 Å². The summed E-state index contributed by atoms with van der Waals surface area (Å²) in [6.45, 7) is 3.97. The topological polar surface area (TPSA) is 17.3 Å². The first-order valence-electron chi connectivity index (χ1n) is 7.84. The van der Waals surface area contributed by atoms with Gasteiger partial charge in [0.1, 0.15) is 0 Å². The Balaban J connectivity index is 1.88. The monoisotopic (exact) mass is 313 g/mol. The third kappa shape index (κ3) is 4.46. The average Bonchev–Trinajstić information content (AvgIpc) is 2.48. The van der Waals surface area contributed by atoms with Crippen LogP contribution in [-0.4, -0.2) is 37.8 Å². The van der Waals surface area contributed by atoms with Crippen LogP contribution in [0.4, 0.5) is 13.2 Å². The van der Waals surface area contributed by atoms with Crippen molar-refractivity contribution in [2.24, 2.45) is 11.8 Å². The number of rotatable bonds is 5. The Labute approximate surface area is 130 Å². The van der Waals surface area contributed by atoms with E-state index < -0.39 is 12.1 Å². The smallest absolute Gasteiger partial charge is 0.391 e. The predicted molar refractivity (Wildman–Crippen MR) is 82.8 cm³/mol. The number of piperidine rings is 1. The Hall–Kier alpha value is -1.07. The maximum atomic E-state index is 12.7. The second-order valence-electron chi connectivity index (χ2n) is 6.21. The van der Waals surface area contributed by atoms with E-state index in [1.165, 1.54) is 5.56 Å². The Morgan fingerprint density at radius 1 is 1.18 bits per heavy atom. The lowest BCUT2D eigenvalue weighted by Gasteiger charge is -2.40. The second kappa shape index (κ2) is 7.47. The zero-order valence-electron chi connectivity index (χ0n) is 13.2. The normalized spacial score (nSPS) is 20.8. The van der Waals surface area contributed by atoms with Gasteiger partial charge in [0.05, 0.1) is 5.92 Å². The molecule has 1 heterocycles. The van der Waals surface area contributed by atoms with Gasteiger partial charge in [0, 0.05) is 0 Å². The average molecular weight is 313 g/mol. The lowest BCUT2D eigenvalue weighted by Crippen LogP contribution is -2.41. The predicted octanol–water partition coefficient (Wildman–Crippen LogP) is 4.64. The molecule has 0 aliphatic carbocycles. The minimum Gasteiger partial charge on any atom is -0.658 e. The number of benzene rings is 1. The summed E-state index contributed by atoms with van der Waals surface area (Å²) in [5.41, 5.74) is 1.17. The molecular formula is C17H24F3N2-. The quantitative estimate of drug-likeness (QED) is 0.774. The van der Waals surface area contributed by atoms with E-state index in [9.17, 15) is 13.2 Å². The number of likely N-dealkylation sites (tertiary alicyclic amines) is 1. The summed E-state index contributed by atoms with van der Waals surface area (Å²) in [5.74, 6) is -0.838. The molecular weight excluding hydrogens is 289 g/mol. The fraction of sp³-hybridized carbons (Fsp3) is 0.647. The summed E-state index contributed by atoms with van der Waals surface area (Å²) in [6, 6.07) is 10.2. The van der Waals surface area contributed by atoms with Crippen LogP contribution < -0.4 is 0 Å². The van der Waals surface area contributed by atoms with Gasteiger partial charge >= 0.3 is 6.18 Å². The maximum Gasteiger partial charge on any atom is 0.391 e. The number of halogens is 3. The Morgan fingerprint density at radius 2 is 1.77 bits per heavy atom. The van der Waals surface area contributed by atoms with Crippen LogP contribution in [0.5, 0.6) is 0 Å². The standard InChI is InChI=1S/C17H24F3N2/c1-13(16(21-2)14-6-4-3-5-7-14)12-22-10-8-15(9-11-22)17(18,19)20/h3-7,13,15-16H,8-12H2,1-2H3/q-1/t13-,16+/m0/s1. The van der Waals surface area contributed by atoms with Gasteiger partial charge in [-0.3, -0.25) is 0 Å². The maximum absolute atomic E-state index is 12.7. The van der Waals surface area contributed by atoms with Gasteiger partial charge in [-0.25, -0.2) is 0 Å². The molecule has 0 bridgehead atoms. The van der Waals surface area contributed by atoms with E-state index in [0.29, 0.717) is 13.1 Å². The molecule has 22 heavy (non-hydrogen) atoms. The third-order valence-electron chi connectivity index (χ3n) is 4.55. The van der Waals surface area contributed by atoms with E-state index in [2.05, 4.69) is 29.3 Å². The van der Waals surface area contributed by atoms with Crippen molar-refractivity contribution in [2.75, 3.05) is 26.7 Å². The number of hydrogen-bond acceptors (Lipinski definition) is 1. The van der Waals surface area contributed by atoms with Gasteiger partial charge in [0.25, 0.3) is 0 Å². The summed E-state index contributed by atoms with van der Waals surface area (Å²) in [7, 11) is 1.81. The highest BCUT2D eigenvalue weighted by molar-refractivity contribution is 5.23. The van der Waals surface area contributed by atoms with Gasteiger partial charge in [-0.2, -0.15) is 20.2 Å². The molecule has 1 fully saturated rings. The molecule has 2 nitrogen and oxygen atoms in total. The largest absolute Gasteiger partial charge is 0.658 e. The molecule has 0 amide bonds. The molecule has 0 radical (unpaired) electrons. The number of alkyl halides is 3. The molecule has 0 aromatic heterocycles. The highest BCUT2D eigenvalue weighted by Crippen LogP contribution is 2.35. The first-order valence-corrected chi connectivity index (χ1v) is 7.84. The van der Waals surface area contributed by atoms with E-state index in [1.54, 1.807) is 0 Å².